The molecule has 0 spiro atoms. The van der Waals surface area contributed by atoms with Gasteiger partial charge in [-0.25, -0.2) is 23.0 Å². The molecule has 1 atom stereocenters. The highest BCUT2D eigenvalue weighted by Crippen LogP contribution is 2.37. The molecule has 44 heavy (non-hydrogen) atoms. The molecule has 0 radical (unpaired) electrons. The van der Waals surface area contributed by atoms with Gasteiger partial charge in [-0.05, 0) is 48.6 Å². The normalized spacial score (nSPS) is 13.7. The molecular formula is C27H25Cl2F2N3O9S. The molecule has 236 valence electrons. The van der Waals surface area contributed by atoms with Crippen molar-refractivity contribution in [2.45, 2.75) is 32.0 Å². The van der Waals surface area contributed by atoms with Crippen molar-refractivity contribution < 1.29 is 50.5 Å². The van der Waals surface area contributed by atoms with Crippen LogP contribution in [0.1, 0.15) is 40.4 Å². The quantitative estimate of drug-likeness (QED) is 0.147. The first-order chi connectivity index (χ1) is 20.8. The minimum absolute atomic E-state index is 0.0129. The van der Waals surface area contributed by atoms with Crippen molar-refractivity contribution in [2.75, 3.05) is 24.2 Å². The summed E-state index contributed by atoms with van der Waals surface area (Å²) < 4.78 is 72.4. The Kier molecular flexibility index (Phi) is 10.7. The summed E-state index contributed by atoms with van der Waals surface area (Å²) >= 11 is 12.5. The molecule has 0 amide bonds. The summed E-state index contributed by atoms with van der Waals surface area (Å²) in [4.78, 5) is 29.2. The zero-order valence-electron chi connectivity index (χ0n) is 22.9. The third-order valence-electron chi connectivity index (χ3n) is 6.05. The molecule has 1 saturated carbocycles. The van der Waals surface area contributed by atoms with Gasteiger partial charge >= 0.3 is 18.6 Å². The van der Waals surface area contributed by atoms with Crippen LogP contribution in [0.2, 0.25) is 10.0 Å². The molecule has 4 rings (SSSR count). The largest absolute Gasteiger partial charge is 0.619 e. The SMILES string of the molecule is CS(=O)(=O)Nc1cc(C(=O)OCC(=O)OC(Cc2c(Cl)c[n+]([O-])cc2Cl)c2ccc(OC(F)F)c(OCC3CC3)c2)ccn1. The van der Waals surface area contributed by atoms with Gasteiger partial charge in [-0.1, -0.05) is 29.3 Å². The predicted molar refractivity (Wildman–Crippen MR) is 152 cm³/mol. The van der Waals surface area contributed by atoms with Gasteiger partial charge in [-0.15, -0.1) is 0 Å². The summed E-state index contributed by atoms with van der Waals surface area (Å²) in [6.45, 7) is -3.72. The molecule has 1 aromatic carbocycles. The predicted octanol–water partition coefficient (Wildman–Crippen LogP) is 4.47. The van der Waals surface area contributed by atoms with Crippen molar-refractivity contribution in [3.8, 4) is 11.5 Å². The number of hydrogen-bond acceptors (Lipinski definition) is 10. The van der Waals surface area contributed by atoms with E-state index < -0.39 is 41.3 Å². The van der Waals surface area contributed by atoms with Crippen molar-refractivity contribution in [1.29, 1.82) is 0 Å². The number of halogens is 4. The topological polar surface area (TPSA) is 157 Å². The number of hydrogen-bond donors (Lipinski definition) is 1. The van der Waals surface area contributed by atoms with Crippen molar-refractivity contribution in [2.24, 2.45) is 5.92 Å². The monoisotopic (exact) mass is 675 g/mol. The lowest BCUT2D eigenvalue weighted by atomic mass is 10.0. The van der Waals surface area contributed by atoms with Gasteiger partial charge < -0.3 is 24.2 Å². The lowest BCUT2D eigenvalue weighted by Gasteiger charge is -2.21. The number of carbonyl (C=O) groups is 2. The van der Waals surface area contributed by atoms with E-state index in [-0.39, 0.29) is 63.0 Å². The number of esters is 2. The molecule has 12 nitrogen and oxygen atoms in total. The summed E-state index contributed by atoms with van der Waals surface area (Å²) in [5.74, 6) is -2.09. The first-order valence-electron chi connectivity index (χ1n) is 12.9. The zero-order valence-corrected chi connectivity index (χ0v) is 25.2. The van der Waals surface area contributed by atoms with Crippen LogP contribution in [-0.4, -0.2) is 51.4 Å². The van der Waals surface area contributed by atoms with E-state index in [2.05, 4.69) is 14.4 Å². The van der Waals surface area contributed by atoms with Gasteiger partial charge in [0.2, 0.25) is 10.0 Å². The summed E-state index contributed by atoms with van der Waals surface area (Å²) in [7, 11) is -3.67. The minimum Gasteiger partial charge on any atom is -0.619 e. The first-order valence-corrected chi connectivity index (χ1v) is 15.5. The van der Waals surface area contributed by atoms with Crippen LogP contribution in [0.15, 0.2) is 48.9 Å². The zero-order chi connectivity index (χ0) is 32.0. The number of benzene rings is 1. The highest BCUT2D eigenvalue weighted by molar-refractivity contribution is 7.92. The third-order valence-corrected chi connectivity index (χ3v) is 7.29. The van der Waals surface area contributed by atoms with Gasteiger partial charge in [0.1, 0.15) is 22.0 Å². The second-order valence-electron chi connectivity index (χ2n) is 9.69. The summed E-state index contributed by atoms with van der Waals surface area (Å²) in [5, 5.41) is 11.7. The summed E-state index contributed by atoms with van der Waals surface area (Å²) in [6, 6.07) is 6.34. The van der Waals surface area contributed by atoms with Crippen LogP contribution in [0, 0.1) is 11.1 Å². The smallest absolute Gasteiger partial charge is 0.387 e. The van der Waals surface area contributed by atoms with E-state index in [0.29, 0.717) is 4.73 Å². The molecule has 3 aromatic rings. The minimum atomic E-state index is -3.67. The maximum absolute atomic E-state index is 13.0. The Bertz CT molecular complexity index is 1620. The summed E-state index contributed by atoms with van der Waals surface area (Å²) in [5.41, 5.74) is 0.413. The molecule has 0 bridgehead atoms. The van der Waals surface area contributed by atoms with Crippen LogP contribution in [0.25, 0.3) is 0 Å². The Morgan fingerprint density at radius 2 is 1.84 bits per heavy atom. The Balaban J connectivity index is 1.55. The van der Waals surface area contributed by atoms with Crippen molar-refractivity contribution in [3.63, 3.8) is 0 Å². The van der Waals surface area contributed by atoms with E-state index in [9.17, 15) is 32.0 Å². The van der Waals surface area contributed by atoms with Crippen LogP contribution < -0.4 is 18.9 Å². The van der Waals surface area contributed by atoms with Crippen LogP contribution in [0.4, 0.5) is 14.6 Å². The fraction of sp³-hybridized carbons (Fsp3) is 0.333. The average Bonchev–Trinajstić information content (AvgIpc) is 3.76. The van der Waals surface area contributed by atoms with Gasteiger partial charge in [-0.3, -0.25) is 4.72 Å². The van der Waals surface area contributed by atoms with Crippen LogP contribution in [-0.2, 0) is 30.7 Å². The van der Waals surface area contributed by atoms with E-state index >= 15 is 0 Å². The van der Waals surface area contributed by atoms with Gasteiger partial charge in [-0.2, -0.15) is 13.5 Å². The number of sulfonamides is 1. The second kappa shape index (κ2) is 14.2. The van der Waals surface area contributed by atoms with Gasteiger partial charge in [0.25, 0.3) is 0 Å². The lowest BCUT2D eigenvalue weighted by molar-refractivity contribution is -0.605. The number of rotatable bonds is 14. The number of pyridine rings is 2. The highest BCUT2D eigenvalue weighted by Gasteiger charge is 2.27. The number of carbonyl (C=O) groups excluding carboxylic acids is 2. The number of anilines is 1. The van der Waals surface area contributed by atoms with E-state index in [1.807, 2.05) is 0 Å². The molecule has 2 heterocycles. The third kappa shape index (κ3) is 9.79. The van der Waals surface area contributed by atoms with E-state index in [4.69, 9.17) is 37.4 Å². The Morgan fingerprint density at radius 3 is 2.48 bits per heavy atom. The van der Waals surface area contributed by atoms with Crippen LogP contribution >= 0.6 is 23.2 Å². The number of ether oxygens (including phenoxy) is 4. The number of alkyl halides is 2. The van der Waals surface area contributed by atoms with Gasteiger partial charge in [0.05, 0.1) is 18.4 Å². The molecule has 0 aliphatic heterocycles. The van der Waals surface area contributed by atoms with Crippen molar-refractivity contribution in [3.05, 3.63) is 80.9 Å². The molecule has 2 aromatic heterocycles. The maximum atomic E-state index is 13.0. The Morgan fingerprint density at radius 1 is 1.14 bits per heavy atom. The van der Waals surface area contributed by atoms with Crippen molar-refractivity contribution in [1.82, 2.24) is 4.98 Å². The molecule has 1 aliphatic carbocycles. The number of nitrogens with one attached hydrogen (secondary N) is 1. The molecule has 1 N–H and O–H groups in total. The number of aromatic nitrogens is 2. The molecule has 1 unspecified atom stereocenters. The second-order valence-corrected chi connectivity index (χ2v) is 12.3. The van der Waals surface area contributed by atoms with Crippen LogP contribution in [0.5, 0.6) is 11.5 Å². The average molecular weight is 676 g/mol. The Hall–Kier alpha value is -3.95. The van der Waals surface area contributed by atoms with E-state index in [0.717, 1.165) is 37.6 Å². The van der Waals surface area contributed by atoms with E-state index in [1.165, 1.54) is 30.5 Å². The fourth-order valence-corrected chi connectivity index (χ4v) is 4.96. The van der Waals surface area contributed by atoms with E-state index in [1.54, 1.807) is 0 Å². The van der Waals surface area contributed by atoms with Crippen molar-refractivity contribution >= 4 is 51.0 Å². The Labute approximate surface area is 260 Å². The molecule has 0 saturated heterocycles. The number of nitrogens with zero attached hydrogens (tertiary/aromatic N) is 2. The highest BCUT2D eigenvalue weighted by atomic mass is 35.5. The molecule has 17 heteroatoms. The molecule has 1 fully saturated rings. The summed E-state index contributed by atoms with van der Waals surface area (Å²) in [6.07, 6.45) is 4.70. The van der Waals surface area contributed by atoms with Gasteiger partial charge in [0, 0.05) is 18.2 Å². The van der Waals surface area contributed by atoms with Gasteiger partial charge in [0.15, 0.2) is 30.5 Å². The molecular weight excluding hydrogens is 651 g/mol. The van der Waals surface area contributed by atoms with Crippen LogP contribution in [0.3, 0.4) is 0 Å². The maximum Gasteiger partial charge on any atom is 0.387 e. The fourth-order valence-electron chi connectivity index (χ4n) is 3.87. The first kappa shape index (κ1) is 33.0. The standard InChI is InChI=1S/C27H25Cl2F2N3O9S/c1-44(38,39)33-24-9-17(6-7-32-24)26(36)41-14-25(35)42-22(10-18-19(28)11-34(37)12-20(18)29)16-4-5-21(43-27(30)31)23(8-16)40-13-15-2-3-15/h4-9,11-12,15,22,27H,2-3,10,13-14H2,1H3,(H,32,33). The lowest BCUT2D eigenvalue weighted by Crippen LogP contribution is -2.26. The molecule has 1 aliphatic rings.